The molecule has 0 radical (unpaired) electrons. The van der Waals surface area contributed by atoms with Crippen molar-refractivity contribution in [3.63, 3.8) is 0 Å². The smallest absolute Gasteiger partial charge is 0.328 e. The molecule has 0 spiro atoms. The van der Waals surface area contributed by atoms with Crippen LogP contribution in [0.2, 0.25) is 0 Å². The lowest BCUT2D eigenvalue weighted by Crippen LogP contribution is -2.46. The summed E-state index contributed by atoms with van der Waals surface area (Å²) >= 11 is 1.75. The Labute approximate surface area is 119 Å². The van der Waals surface area contributed by atoms with E-state index in [1.165, 1.54) is 32.8 Å². The van der Waals surface area contributed by atoms with Crippen LogP contribution in [0.15, 0.2) is 4.99 Å². The number of nitrogens with zero attached hydrogens (tertiary/aromatic N) is 1. The van der Waals surface area contributed by atoms with Crippen LogP contribution in [0.4, 0.5) is 0 Å². The molecule has 1 aliphatic heterocycles. The van der Waals surface area contributed by atoms with E-state index >= 15 is 0 Å². The van der Waals surface area contributed by atoms with Crippen LogP contribution in [0.3, 0.4) is 0 Å². The quantitative estimate of drug-likeness (QED) is 0.809. The molecule has 108 valence electrons. The van der Waals surface area contributed by atoms with E-state index in [0.717, 1.165) is 16.8 Å². The van der Waals surface area contributed by atoms with Crippen molar-refractivity contribution in [2.24, 2.45) is 16.8 Å². The van der Waals surface area contributed by atoms with Crippen molar-refractivity contribution in [3.05, 3.63) is 0 Å². The predicted molar refractivity (Wildman–Crippen MR) is 79.4 cm³/mol. The van der Waals surface area contributed by atoms with Crippen molar-refractivity contribution < 1.29 is 9.53 Å². The van der Waals surface area contributed by atoms with Crippen LogP contribution in [-0.4, -0.2) is 36.1 Å². The van der Waals surface area contributed by atoms with Gasteiger partial charge in [0.15, 0.2) is 5.17 Å². The van der Waals surface area contributed by atoms with Gasteiger partial charge in [0, 0.05) is 5.75 Å². The maximum Gasteiger partial charge on any atom is 0.328 e. The first-order valence-electron chi connectivity index (χ1n) is 7.16. The number of esters is 1. The number of fused-ring (bicyclic) bond motifs is 1. The van der Waals surface area contributed by atoms with E-state index < -0.39 is 0 Å². The lowest BCUT2D eigenvalue weighted by Gasteiger charge is -2.34. The first-order valence-corrected chi connectivity index (χ1v) is 8.15. The number of thioether (sulfide) groups is 1. The van der Waals surface area contributed by atoms with Gasteiger partial charge in [0.25, 0.3) is 0 Å². The number of hydrogen-bond acceptors (Lipinski definition) is 5. The van der Waals surface area contributed by atoms with Gasteiger partial charge in [0.05, 0.1) is 13.2 Å². The molecule has 1 fully saturated rings. The summed E-state index contributed by atoms with van der Waals surface area (Å²) < 4.78 is 4.86. The van der Waals surface area contributed by atoms with Crippen molar-refractivity contribution >= 4 is 22.9 Å². The molecule has 0 bridgehead atoms. The largest absolute Gasteiger partial charge is 0.467 e. The van der Waals surface area contributed by atoms with E-state index in [1.807, 2.05) is 13.8 Å². The van der Waals surface area contributed by atoms with Gasteiger partial charge in [0.2, 0.25) is 0 Å². The molecule has 0 saturated heterocycles. The Morgan fingerprint density at radius 2 is 2.16 bits per heavy atom. The number of carbonyl (C=O) groups is 1. The summed E-state index contributed by atoms with van der Waals surface area (Å²) in [5.41, 5.74) is 0. The van der Waals surface area contributed by atoms with Gasteiger partial charge in [-0.15, -0.1) is 0 Å². The Balaban J connectivity index is 2.01. The number of rotatable bonds is 3. The average Bonchev–Trinajstić information content (AvgIpc) is 2.43. The number of aliphatic imine (C=N–C) groups is 1. The number of ether oxygens (including phenoxy) is 1. The molecule has 0 aromatic heterocycles. The maximum absolute atomic E-state index is 11.8. The van der Waals surface area contributed by atoms with E-state index in [1.54, 1.807) is 11.8 Å². The van der Waals surface area contributed by atoms with Crippen LogP contribution in [0.5, 0.6) is 0 Å². The predicted octanol–water partition coefficient (Wildman–Crippen LogP) is 2.44. The molecular formula is C14H24N2O2S. The maximum atomic E-state index is 11.8. The number of amidine groups is 1. The van der Waals surface area contributed by atoms with Crippen molar-refractivity contribution in [2.45, 2.75) is 51.6 Å². The summed E-state index contributed by atoms with van der Waals surface area (Å²) in [6.45, 7) is 4.04. The van der Waals surface area contributed by atoms with Crippen molar-refractivity contribution in [2.75, 3.05) is 12.9 Å². The van der Waals surface area contributed by atoms with Gasteiger partial charge in [-0.2, -0.15) is 0 Å². The fourth-order valence-electron chi connectivity index (χ4n) is 2.76. The SMILES string of the molecule is COC(=O)C(NC1=NC2CCCCC2CS1)C(C)C. The van der Waals surface area contributed by atoms with E-state index in [9.17, 15) is 4.79 Å². The minimum atomic E-state index is -0.295. The van der Waals surface area contributed by atoms with Gasteiger partial charge in [0.1, 0.15) is 6.04 Å². The topological polar surface area (TPSA) is 50.7 Å². The third kappa shape index (κ3) is 3.65. The van der Waals surface area contributed by atoms with Gasteiger partial charge in [-0.1, -0.05) is 38.5 Å². The summed E-state index contributed by atoms with van der Waals surface area (Å²) in [4.78, 5) is 16.6. The summed E-state index contributed by atoms with van der Waals surface area (Å²) in [5, 5.41) is 4.20. The molecular weight excluding hydrogens is 260 g/mol. The molecule has 19 heavy (non-hydrogen) atoms. The minimum Gasteiger partial charge on any atom is -0.467 e. The Morgan fingerprint density at radius 1 is 1.42 bits per heavy atom. The number of hydrogen-bond donors (Lipinski definition) is 1. The third-order valence-corrected chi connectivity index (χ3v) is 5.08. The van der Waals surface area contributed by atoms with E-state index in [4.69, 9.17) is 9.73 Å². The summed E-state index contributed by atoms with van der Waals surface area (Å²) in [5.74, 6) is 1.85. The van der Waals surface area contributed by atoms with Crippen LogP contribution < -0.4 is 5.32 Å². The lowest BCUT2D eigenvalue weighted by molar-refractivity contribution is -0.143. The first-order chi connectivity index (χ1) is 9.11. The molecule has 5 heteroatoms. The Bertz CT molecular complexity index is 357. The van der Waals surface area contributed by atoms with Gasteiger partial charge in [-0.05, 0) is 24.7 Å². The minimum absolute atomic E-state index is 0.194. The van der Waals surface area contributed by atoms with Crippen LogP contribution in [0.25, 0.3) is 0 Å². The van der Waals surface area contributed by atoms with Crippen LogP contribution in [-0.2, 0) is 9.53 Å². The Hall–Kier alpha value is -0.710. The molecule has 2 rings (SSSR count). The standard InChI is InChI=1S/C14H24N2O2S/c1-9(2)12(13(17)18-3)16-14-15-11-7-5-4-6-10(11)8-19-14/h9-12H,4-8H2,1-3H3,(H,15,16). The molecule has 4 nitrogen and oxygen atoms in total. The molecule has 0 amide bonds. The zero-order valence-electron chi connectivity index (χ0n) is 12.0. The van der Waals surface area contributed by atoms with Crippen LogP contribution in [0, 0.1) is 11.8 Å². The van der Waals surface area contributed by atoms with Crippen molar-refractivity contribution in [3.8, 4) is 0 Å². The molecule has 3 atom stereocenters. The number of carbonyl (C=O) groups excluding carboxylic acids is 1. The summed E-state index contributed by atoms with van der Waals surface area (Å²) in [6.07, 6.45) is 5.13. The monoisotopic (exact) mass is 284 g/mol. The Kier molecular flexibility index (Phi) is 5.13. The molecule has 3 unspecified atom stereocenters. The van der Waals surface area contributed by atoms with Crippen molar-refractivity contribution in [1.82, 2.24) is 5.32 Å². The fraction of sp³-hybridized carbons (Fsp3) is 0.857. The van der Waals surface area contributed by atoms with Gasteiger partial charge in [-0.25, -0.2) is 4.79 Å². The van der Waals surface area contributed by atoms with E-state index in [2.05, 4.69) is 5.32 Å². The fourth-order valence-corrected chi connectivity index (χ4v) is 3.94. The second kappa shape index (κ2) is 6.64. The zero-order chi connectivity index (χ0) is 13.8. The highest BCUT2D eigenvalue weighted by atomic mass is 32.2. The summed E-state index contributed by atoms with van der Waals surface area (Å²) in [6, 6.07) is 0.166. The van der Waals surface area contributed by atoms with E-state index in [0.29, 0.717) is 6.04 Å². The highest BCUT2D eigenvalue weighted by molar-refractivity contribution is 8.13. The van der Waals surface area contributed by atoms with Gasteiger partial charge in [-0.3, -0.25) is 4.99 Å². The average molecular weight is 284 g/mol. The highest BCUT2D eigenvalue weighted by Gasteiger charge is 2.31. The van der Waals surface area contributed by atoms with Crippen LogP contribution >= 0.6 is 11.8 Å². The molecule has 1 heterocycles. The number of nitrogens with one attached hydrogen (secondary N) is 1. The molecule has 1 N–H and O–H groups in total. The highest BCUT2D eigenvalue weighted by Crippen LogP contribution is 2.33. The zero-order valence-corrected chi connectivity index (χ0v) is 12.8. The molecule has 2 aliphatic rings. The van der Waals surface area contributed by atoms with Crippen LogP contribution in [0.1, 0.15) is 39.5 Å². The number of methoxy groups -OCH3 is 1. The molecule has 0 aromatic rings. The lowest BCUT2D eigenvalue weighted by atomic mass is 9.86. The first kappa shape index (κ1) is 14.7. The third-order valence-electron chi connectivity index (χ3n) is 3.99. The second-order valence-electron chi connectivity index (χ2n) is 5.75. The summed E-state index contributed by atoms with van der Waals surface area (Å²) in [7, 11) is 1.44. The van der Waals surface area contributed by atoms with Gasteiger partial charge < -0.3 is 10.1 Å². The molecule has 1 saturated carbocycles. The van der Waals surface area contributed by atoms with Gasteiger partial charge >= 0.3 is 5.97 Å². The molecule has 0 aromatic carbocycles. The van der Waals surface area contributed by atoms with Crippen molar-refractivity contribution in [1.29, 1.82) is 0 Å². The second-order valence-corrected chi connectivity index (χ2v) is 6.76. The molecule has 1 aliphatic carbocycles. The van der Waals surface area contributed by atoms with E-state index in [-0.39, 0.29) is 17.9 Å². The Morgan fingerprint density at radius 3 is 2.84 bits per heavy atom. The normalized spacial score (nSPS) is 28.3.